The number of hydrogen-bond acceptors (Lipinski definition) is 3. The first-order valence-corrected chi connectivity index (χ1v) is 7.59. The van der Waals surface area contributed by atoms with E-state index < -0.39 is 0 Å². The van der Waals surface area contributed by atoms with Gasteiger partial charge in [-0.15, -0.1) is 0 Å². The first kappa shape index (κ1) is 13.9. The Bertz CT molecular complexity index is 266. The van der Waals surface area contributed by atoms with E-state index in [1.54, 1.807) is 0 Å². The summed E-state index contributed by atoms with van der Waals surface area (Å²) in [4.78, 5) is 11.4. The van der Waals surface area contributed by atoms with Crippen molar-refractivity contribution in [3.8, 4) is 0 Å². The van der Waals surface area contributed by atoms with E-state index in [9.17, 15) is 4.79 Å². The number of unbranched alkanes of at least 4 members (excludes halogenated alkanes) is 1. The molecule has 0 aromatic rings. The Kier molecular flexibility index (Phi) is 5.48. The summed E-state index contributed by atoms with van der Waals surface area (Å²) in [5, 5.41) is 0. The van der Waals surface area contributed by atoms with Gasteiger partial charge in [0.15, 0.2) is 0 Å². The number of esters is 1. The Morgan fingerprint density at radius 1 is 1.28 bits per heavy atom. The van der Waals surface area contributed by atoms with Crippen LogP contribution in [0.5, 0.6) is 0 Å². The molecule has 0 spiro atoms. The van der Waals surface area contributed by atoms with Gasteiger partial charge in [0.1, 0.15) is 6.61 Å². The lowest BCUT2D eigenvalue weighted by Gasteiger charge is -2.27. The Morgan fingerprint density at radius 3 is 2.72 bits per heavy atom. The molecule has 3 nitrogen and oxygen atoms in total. The SMILES string of the molecule is CCCCC(=O)OC[C@@H]1CC[C@H](CC2CCC2)O1.[HH]. The molecule has 106 valence electrons. The molecule has 1 saturated carbocycles. The standard InChI is InChI=1S/C15H26O3.H2/c1-2-3-7-15(16)17-11-14-9-8-13(18-14)10-12-5-4-6-12;/h12-14H,2-11H2,1H3;1H/t13-,14+;/m1./s1. The first-order chi connectivity index (χ1) is 8.78. The molecular weight excluding hydrogens is 228 g/mol. The average molecular weight is 256 g/mol. The van der Waals surface area contributed by atoms with Gasteiger partial charge in [0.25, 0.3) is 0 Å². The van der Waals surface area contributed by atoms with E-state index in [4.69, 9.17) is 9.47 Å². The maximum atomic E-state index is 11.4. The number of rotatable bonds is 7. The smallest absolute Gasteiger partial charge is 0.305 e. The number of hydrogen-bond donors (Lipinski definition) is 0. The Hall–Kier alpha value is -0.570. The van der Waals surface area contributed by atoms with Gasteiger partial charge in [-0.2, -0.15) is 0 Å². The van der Waals surface area contributed by atoms with Crippen molar-refractivity contribution in [3.05, 3.63) is 0 Å². The third-order valence-corrected chi connectivity index (χ3v) is 4.18. The van der Waals surface area contributed by atoms with Crippen molar-refractivity contribution in [3.63, 3.8) is 0 Å². The van der Waals surface area contributed by atoms with Gasteiger partial charge in [-0.05, 0) is 31.6 Å². The lowest BCUT2D eigenvalue weighted by Crippen LogP contribution is -2.22. The van der Waals surface area contributed by atoms with E-state index in [0.29, 0.717) is 19.1 Å². The van der Waals surface area contributed by atoms with Crippen LogP contribution in [-0.2, 0) is 14.3 Å². The van der Waals surface area contributed by atoms with Crippen molar-refractivity contribution in [2.45, 2.75) is 76.9 Å². The zero-order valence-corrected chi connectivity index (χ0v) is 11.5. The minimum absolute atomic E-state index is 0. The van der Waals surface area contributed by atoms with Crippen LogP contribution in [-0.4, -0.2) is 24.8 Å². The molecule has 0 radical (unpaired) electrons. The highest BCUT2D eigenvalue weighted by molar-refractivity contribution is 5.69. The predicted molar refractivity (Wildman–Crippen MR) is 72.5 cm³/mol. The van der Waals surface area contributed by atoms with Gasteiger partial charge in [0.2, 0.25) is 0 Å². The molecule has 0 aromatic carbocycles. The van der Waals surface area contributed by atoms with Crippen LogP contribution in [0.3, 0.4) is 0 Å². The zero-order valence-electron chi connectivity index (χ0n) is 11.5. The number of carbonyl (C=O) groups is 1. The van der Waals surface area contributed by atoms with Crippen molar-refractivity contribution in [1.82, 2.24) is 0 Å². The van der Waals surface area contributed by atoms with Crippen LogP contribution in [0.15, 0.2) is 0 Å². The third kappa shape index (κ3) is 4.27. The Labute approximate surface area is 112 Å². The minimum atomic E-state index is -0.0668. The Balaban J connectivity index is 0.00000180. The molecule has 0 bridgehead atoms. The molecule has 1 aliphatic heterocycles. The molecule has 0 aromatic heterocycles. The summed E-state index contributed by atoms with van der Waals surface area (Å²) in [6.07, 6.45) is 10.7. The van der Waals surface area contributed by atoms with Gasteiger partial charge in [0, 0.05) is 7.85 Å². The fourth-order valence-corrected chi connectivity index (χ4v) is 2.76. The van der Waals surface area contributed by atoms with Crippen molar-refractivity contribution in [2.24, 2.45) is 5.92 Å². The zero-order chi connectivity index (χ0) is 12.8. The molecule has 0 unspecified atom stereocenters. The highest BCUT2D eigenvalue weighted by Crippen LogP contribution is 2.34. The van der Waals surface area contributed by atoms with Crippen LogP contribution in [0.1, 0.15) is 66.1 Å². The van der Waals surface area contributed by atoms with Crippen molar-refractivity contribution >= 4 is 5.97 Å². The van der Waals surface area contributed by atoms with Gasteiger partial charge in [-0.3, -0.25) is 4.79 Å². The van der Waals surface area contributed by atoms with Crippen LogP contribution < -0.4 is 0 Å². The summed E-state index contributed by atoms with van der Waals surface area (Å²) in [7, 11) is 0. The van der Waals surface area contributed by atoms with Gasteiger partial charge in [-0.1, -0.05) is 32.6 Å². The molecule has 2 fully saturated rings. The number of carbonyl (C=O) groups excluding carboxylic acids is 1. The van der Waals surface area contributed by atoms with Crippen LogP contribution >= 0.6 is 0 Å². The molecule has 0 N–H and O–H groups in total. The Morgan fingerprint density at radius 2 is 2.06 bits per heavy atom. The quantitative estimate of drug-likeness (QED) is 0.651. The molecule has 2 aliphatic rings. The van der Waals surface area contributed by atoms with Crippen molar-refractivity contribution in [1.29, 1.82) is 0 Å². The second-order valence-corrected chi connectivity index (χ2v) is 5.78. The topological polar surface area (TPSA) is 35.5 Å². The first-order valence-electron chi connectivity index (χ1n) is 7.59. The van der Waals surface area contributed by atoms with E-state index in [1.165, 1.54) is 25.7 Å². The molecule has 3 heteroatoms. The molecule has 0 amide bonds. The molecule has 2 atom stereocenters. The summed E-state index contributed by atoms with van der Waals surface area (Å²) in [6.45, 7) is 2.54. The van der Waals surface area contributed by atoms with Crippen LogP contribution in [0, 0.1) is 5.92 Å². The maximum absolute atomic E-state index is 11.4. The highest BCUT2D eigenvalue weighted by Gasteiger charge is 2.30. The molecule has 1 heterocycles. The predicted octanol–water partition coefficient (Wildman–Crippen LogP) is 3.70. The average Bonchev–Trinajstić information content (AvgIpc) is 2.76. The van der Waals surface area contributed by atoms with E-state index in [-0.39, 0.29) is 13.5 Å². The summed E-state index contributed by atoms with van der Waals surface area (Å²) >= 11 is 0. The molecule has 2 rings (SSSR count). The van der Waals surface area contributed by atoms with E-state index in [0.717, 1.165) is 31.6 Å². The fourth-order valence-electron chi connectivity index (χ4n) is 2.76. The van der Waals surface area contributed by atoms with E-state index >= 15 is 0 Å². The van der Waals surface area contributed by atoms with Crippen LogP contribution in [0.25, 0.3) is 0 Å². The summed E-state index contributed by atoms with van der Waals surface area (Å²) < 4.78 is 11.2. The van der Waals surface area contributed by atoms with Gasteiger partial charge in [0.05, 0.1) is 12.2 Å². The van der Waals surface area contributed by atoms with Crippen molar-refractivity contribution in [2.75, 3.05) is 6.61 Å². The maximum Gasteiger partial charge on any atom is 0.305 e. The minimum Gasteiger partial charge on any atom is -0.463 e. The number of ether oxygens (including phenoxy) is 2. The van der Waals surface area contributed by atoms with Gasteiger partial charge >= 0.3 is 5.97 Å². The summed E-state index contributed by atoms with van der Waals surface area (Å²) in [5.74, 6) is 0.837. The largest absolute Gasteiger partial charge is 0.463 e. The normalized spacial score (nSPS) is 28.1. The van der Waals surface area contributed by atoms with Crippen LogP contribution in [0.4, 0.5) is 0 Å². The molecular formula is C15H28O3. The monoisotopic (exact) mass is 256 g/mol. The summed E-state index contributed by atoms with van der Waals surface area (Å²) in [5.41, 5.74) is 0. The second-order valence-electron chi connectivity index (χ2n) is 5.78. The highest BCUT2D eigenvalue weighted by atomic mass is 16.6. The molecule has 18 heavy (non-hydrogen) atoms. The molecule has 1 saturated heterocycles. The lowest BCUT2D eigenvalue weighted by molar-refractivity contribution is -0.147. The van der Waals surface area contributed by atoms with Gasteiger partial charge in [-0.25, -0.2) is 0 Å². The lowest BCUT2D eigenvalue weighted by atomic mass is 9.81. The molecule has 1 aliphatic carbocycles. The fraction of sp³-hybridized carbons (Fsp3) is 0.933. The van der Waals surface area contributed by atoms with E-state index in [1.807, 2.05) is 0 Å². The summed E-state index contributed by atoms with van der Waals surface area (Å²) in [6, 6.07) is 0. The third-order valence-electron chi connectivity index (χ3n) is 4.18. The second kappa shape index (κ2) is 7.13. The van der Waals surface area contributed by atoms with Crippen molar-refractivity contribution < 1.29 is 15.7 Å². The van der Waals surface area contributed by atoms with Crippen LogP contribution in [0.2, 0.25) is 0 Å². The van der Waals surface area contributed by atoms with Gasteiger partial charge < -0.3 is 9.47 Å². The van der Waals surface area contributed by atoms with E-state index in [2.05, 4.69) is 6.92 Å².